The fraction of sp³-hybridized carbons (Fsp3) is 0.273. The van der Waals surface area contributed by atoms with Crippen molar-refractivity contribution in [2.24, 2.45) is 0 Å². The Kier molecular flexibility index (Phi) is 4.76. The maximum atomic E-state index is 10.7. The lowest BCUT2D eigenvalue weighted by Gasteiger charge is -2.20. The minimum absolute atomic E-state index is 0.529. The summed E-state index contributed by atoms with van der Waals surface area (Å²) in [7, 11) is 1.83. The van der Waals surface area contributed by atoms with E-state index in [0.717, 1.165) is 5.69 Å². The van der Waals surface area contributed by atoms with Gasteiger partial charge in [0.05, 0.1) is 0 Å². The predicted octanol–water partition coefficient (Wildman–Crippen LogP) is 2.61. The number of para-hydroxylation sites is 1. The molecule has 1 aromatic carbocycles. The van der Waals surface area contributed by atoms with E-state index in [4.69, 9.17) is 17.3 Å². The van der Waals surface area contributed by atoms with Crippen LogP contribution in [0, 0.1) is 0 Å². The van der Waals surface area contributed by atoms with Crippen LogP contribution in [0.3, 0.4) is 0 Å². The molecule has 0 bridgehead atoms. The van der Waals surface area contributed by atoms with Crippen LogP contribution in [0.15, 0.2) is 30.3 Å². The highest BCUT2D eigenvalue weighted by Crippen LogP contribution is 2.20. The molecule has 0 spiro atoms. The van der Waals surface area contributed by atoms with Crippen LogP contribution in [0.4, 0.5) is 5.69 Å². The lowest BCUT2D eigenvalue weighted by atomic mass is 10.3. The molecule has 1 rings (SSSR count). The molecule has 0 aliphatic carbocycles. The number of anilines is 1. The molecule has 0 radical (unpaired) electrons. The number of hydrogen-bond acceptors (Lipinski definition) is 3. The summed E-state index contributed by atoms with van der Waals surface area (Å²) in [6.07, 6.45) is 0. The summed E-state index contributed by atoms with van der Waals surface area (Å²) in [5.41, 5.74) is 0.956. The Morgan fingerprint density at radius 3 is 2.50 bits per heavy atom. The maximum absolute atomic E-state index is 10.7. The number of benzene rings is 1. The van der Waals surface area contributed by atoms with Crippen molar-refractivity contribution in [1.29, 1.82) is 0 Å². The normalized spacial score (nSPS) is 11.9. The van der Waals surface area contributed by atoms with Crippen LogP contribution in [-0.2, 0) is 4.79 Å². The second-order valence-electron chi connectivity index (χ2n) is 3.26. The number of thioether (sulfide) groups is 1. The zero-order valence-electron chi connectivity index (χ0n) is 9.08. The fourth-order valence-corrected chi connectivity index (χ4v) is 2.24. The van der Waals surface area contributed by atoms with Gasteiger partial charge in [0, 0.05) is 12.7 Å². The molecule has 0 aromatic heterocycles. The average Bonchev–Trinajstić information content (AvgIpc) is 2.28. The van der Waals surface area contributed by atoms with Gasteiger partial charge in [-0.1, -0.05) is 42.2 Å². The van der Waals surface area contributed by atoms with E-state index >= 15 is 0 Å². The van der Waals surface area contributed by atoms with Gasteiger partial charge in [-0.3, -0.25) is 4.79 Å². The zero-order chi connectivity index (χ0) is 12.1. The molecule has 0 saturated heterocycles. The van der Waals surface area contributed by atoms with E-state index in [1.54, 1.807) is 11.8 Å². The molecular weight excluding hydrogens is 242 g/mol. The van der Waals surface area contributed by atoms with Crippen molar-refractivity contribution in [2.45, 2.75) is 12.2 Å². The largest absolute Gasteiger partial charge is 0.480 e. The first-order chi connectivity index (χ1) is 7.52. The fourth-order valence-electron chi connectivity index (χ4n) is 1.04. The van der Waals surface area contributed by atoms with Gasteiger partial charge < -0.3 is 10.0 Å². The standard InChI is InChI=1S/C11H13NO2S2/c1-8(10(13)14)16-11(15)12(2)9-6-4-3-5-7-9/h3-8H,1-2H3,(H,13,14). The van der Waals surface area contributed by atoms with Gasteiger partial charge in [-0.2, -0.15) is 0 Å². The smallest absolute Gasteiger partial charge is 0.316 e. The molecule has 0 aliphatic rings. The molecule has 1 unspecified atom stereocenters. The first kappa shape index (κ1) is 13.0. The molecule has 16 heavy (non-hydrogen) atoms. The third-order valence-corrected chi connectivity index (χ3v) is 3.64. The van der Waals surface area contributed by atoms with E-state index in [2.05, 4.69) is 0 Å². The molecule has 0 saturated carbocycles. The number of nitrogens with zero attached hydrogens (tertiary/aromatic N) is 1. The molecule has 0 fully saturated rings. The summed E-state index contributed by atoms with van der Waals surface area (Å²) in [5.74, 6) is -0.853. The molecule has 1 atom stereocenters. The maximum Gasteiger partial charge on any atom is 0.316 e. The molecule has 0 aliphatic heterocycles. The Labute approximate surface area is 104 Å². The van der Waals surface area contributed by atoms with Crippen LogP contribution in [0.2, 0.25) is 0 Å². The van der Waals surface area contributed by atoms with E-state index in [0.29, 0.717) is 4.32 Å². The van der Waals surface area contributed by atoms with Crippen molar-refractivity contribution in [3.8, 4) is 0 Å². The minimum atomic E-state index is -0.853. The van der Waals surface area contributed by atoms with Crippen molar-refractivity contribution >= 4 is 40.0 Å². The second-order valence-corrected chi connectivity index (χ2v) is 5.23. The van der Waals surface area contributed by atoms with Crippen LogP contribution in [-0.4, -0.2) is 27.7 Å². The predicted molar refractivity (Wildman–Crippen MR) is 72.1 cm³/mol. The van der Waals surface area contributed by atoms with E-state index in [9.17, 15) is 4.79 Å². The van der Waals surface area contributed by atoms with Gasteiger partial charge in [-0.15, -0.1) is 0 Å². The van der Waals surface area contributed by atoms with Crippen LogP contribution in [0.5, 0.6) is 0 Å². The summed E-state index contributed by atoms with van der Waals surface area (Å²) >= 11 is 6.35. The summed E-state index contributed by atoms with van der Waals surface area (Å²) < 4.78 is 0.557. The van der Waals surface area contributed by atoms with Crippen molar-refractivity contribution in [2.75, 3.05) is 11.9 Å². The van der Waals surface area contributed by atoms with Crippen LogP contribution in [0.25, 0.3) is 0 Å². The van der Waals surface area contributed by atoms with E-state index in [1.165, 1.54) is 11.8 Å². The molecule has 3 nitrogen and oxygen atoms in total. The highest BCUT2D eigenvalue weighted by atomic mass is 32.2. The number of carbonyl (C=O) groups is 1. The second kappa shape index (κ2) is 5.86. The molecule has 86 valence electrons. The van der Waals surface area contributed by atoms with E-state index < -0.39 is 11.2 Å². The summed E-state index contributed by atoms with van der Waals surface area (Å²) in [4.78, 5) is 12.5. The van der Waals surface area contributed by atoms with Gasteiger partial charge >= 0.3 is 5.97 Å². The quantitative estimate of drug-likeness (QED) is 0.841. The Morgan fingerprint density at radius 2 is 2.00 bits per heavy atom. The lowest BCUT2D eigenvalue weighted by Crippen LogP contribution is -2.25. The summed E-state index contributed by atoms with van der Waals surface area (Å²) in [6, 6.07) is 9.61. The minimum Gasteiger partial charge on any atom is -0.480 e. The molecule has 5 heteroatoms. The number of rotatable bonds is 3. The van der Waals surface area contributed by atoms with Gasteiger partial charge in [-0.25, -0.2) is 0 Å². The van der Waals surface area contributed by atoms with Crippen molar-refractivity contribution in [1.82, 2.24) is 0 Å². The Bertz CT molecular complexity index is 381. The molecule has 1 aromatic rings. The van der Waals surface area contributed by atoms with Crippen LogP contribution < -0.4 is 4.90 Å². The average molecular weight is 255 g/mol. The Hall–Kier alpha value is -1.07. The SMILES string of the molecule is CC(SC(=S)N(C)c1ccccc1)C(=O)O. The van der Waals surface area contributed by atoms with Gasteiger partial charge in [-0.05, 0) is 19.1 Å². The molecule has 0 heterocycles. The van der Waals surface area contributed by atoms with Gasteiger partial charge in [0.15, 0.2) is 0 Å². The third kappa shape index (κ3) is 3.50. The monoisotopic (exact) mass is 255 g/mol. The van der Waals surface area contributed by atoms with Gasteiger partial charge in [0.2, 0.25) is 0 Å². The van der Waals surface area contributed by atoms with E-state index in [-0.39, 0.29) is 0 Å². The Morgan fingerprint density at radius 1 is 1.44 bits per heavy atom. The number of carboxylic acids is 1. The summed E-state index contributed by atoms with van der Waals surface area (Å²) in [5, 5.41) is 8.26. The van der Waals surface area contributed by atoms with Crippen molar-refractivity contribution in [3.63, 3.8) is 0 Å². The number of carboxylic acid groups (broad SMARTS) is 1. The zero-order valence-corrected chi connectivity index (χ0v) is 10.7. The van der Waals surface area contributed by atoms with Crippen molar-refractivity contribution in [3.05, 3.63) is 30.3 Å². The summed E-state index contributed by atoms with van der Waals surface area (Å²) in [6.45, 7) is 1.62. The Balaban J connectivity index is 2.65. The first-order valence-corrected chi connectivity index (χ1v) is 6.03. The first-order valence-electron chi connectivity index (χ1n) is 4.74. The molecule has 1 N–H and O–H groups in total. The number of aliphatic carboxylic acids is 1. The van der Waals surface area contributed by atoms with Gasteiger partial charge in [0.25, 0.3) is 0 Å². The van der Waals surface area contributed by atoms with Crippen molar-refractivity contribution < 1.29 is 9.90 Å². The molecule has 0 amide bonds. The van der Waals surface area contributed by atoms with E-state index in [1.807, 2.05) is 37.4 Å². The number of thiocarbonyl (C=S) groups is 1. The van der Waals surface area contributed by atoms with Crippen LogP contribution in [0.1, 0.15) is 6.92 Å². The molecular formula is C11H13NO2S2. The van der Waals surface area contributed by atoms with Crippen LogP contribution >= 0.6 is 24.0 Å². The topological polar surface area (TPSA) is 40.5 Å². The highest BCUT2D eigenvalue weighted by molar-refractivity contribution is 8.24. The third-order valence-electron chi connectivity index (χ3n) is 2.04. The van der Waals surface area contributed by atoms with Gasteiger partial charge in [0.1, 0.15) is 9.57 Å². The lowest BCUT2D eigenvalue weighted by molar-refractivity contribution is -0.136. The highest BCUT2D eigenvalue weighted by Gasteiger charge is 2.16. The number of hydrogen-bond donors (Lipinski definition) is 1.